The van der Waals surface area contributed by atoms with Crippen molar-refractivity contribution in [2.24, 2.45) is 12.5 Å². The predicted molar refractivity (Wildman–Crippen MR) is 140 cm³/mol. The maximum absolute atomic E-state index is 12.9. The number of hydrogen-bond donors (Lipinski definition) is 1. The number of imidazole rings is 1. The number of pyridine rings is 1. The fourth-order valence-electron chi connectivity index (χ4n) is 4.43. The molecule has 0 radical (unpaired) electrons. The van der Waals surface area contributed by atoms with Crippen LogP contribution in [-0.4, -0.2) is 19.2 Å². The van der Waals surface area contributed by atoms with E-state index in [0.29, 0.717) is 12.2 Å². The van der Waals surface area contributed by atoms with Crippen molar-refractivity contribution in [2.45, 2.75) is 60.6 Å². The SMILES string of the molecule is Cc1ccc(C(C)(C)O)cc1-c1ccc(C)c(-c2ccc3c(n2)n(C)c(=O)n3CC(C)(C)C)c1. The van der Waals surface area contributed by atoms with Gasteiger partial charge < -0.3 is 5.11 Å². The molecule has 34 heavy (non-hydrogen) atoms. The van der Waals surface area contributed by atoms with Crippen molar-refractivity contribution >= 4 is 11.2 Å². The summed E-state index contributed by atoms with van der Waals surface area (Å²) in [4.78, 5) is 17.9. The molecular formula is C29H35N3O2. The zero-order valence-corrected chi connectivity index (χ0v) is 21.5. The summed E-state index contributed by atoms with van der Waals surface area (Å²) in [6.45, 7) is 14.8. The zero-order chi connectivity index (χ0) is 25.0. The van der Waals surface area contributed by atoms with Crippen molar-refractivity contribution in [3.05, 3.63) is 75.7 Å². The normalized spacial score (nSPS) is 12.5. The standard InChI is InChI=1S/C29H35N3O2/c1-18-10-12-21(29(6,7)34)16-22(18)20-11-9-19(2)23(15-20)24-13-14-25-26(30-24)31(8)27(33)32(25)17-28(3,4)5/h9-16,34H,17H2,1-8H3. The smallest absolute Gasteiger partial charge is 0.330 e. The lowest BCUT2D eigenvalue weighted by Gasteiger charge is -2.20. The number of rotatable bonds is 4. The highest BCUT2D eigenvalue weighted by atomic mass is 16.3. The number of hydrogen-bond acceptors (Lipinski definition) is 3. The van der Waals surface area contributed by atoms with Crippen LogP contribution in [-0.2, 0) is 19.2 Å². The second kappa shape index (κ2) is 8.24. The molecule has 0 aliphatic rings. The number of aromatic nitrogens is 3. The molecule has 2 aromatic heterocycles. The maximum atomic E-state index is 12.9. The van der Waals surface area contributed by atoms with E-state index in [2.05, 4.69) is 65.0 Å². The predicted octanol–water partition coefficient (Wildman–Crippen LogP) is 5.96. The van der Waals surface area contributed by atoms with E-state index >= 15 is 0 Å². The molecule has 0 amide bonds. The quantitative estimate of drug-likeness (QED) is 0.411. The number of benzene rings is 2. The Bertz CT molecular complexity index is 1440. The molecule has 0 saturated carbocycles. The highest BCUT2D eigenvalue weighted by Gasteiger charge is 2.20. The van der Waals surface area contributed by atoms with Crippen LogP contribution >= 0.6 is 0 Å². The molecule has 2 aromatic carbocycles. The van der Waals surface area contributed by atoms with Gasteiger partial charge in [-0.3, -0.25) is 9.13 Å². The summed E-state index contributed by atoms with van der Waals surface area (Å²) < 4.78 is 3.46. The minimum absolute atomic E-state index is 0.0166. The Morgan fingerprint density at radius 3 is 2.18 bits per heavy atom. The Morgan fingerprint density at radius 2 is 1.53 bits per heavy atom. The van der Waals surface area contributed by atoms with Gasteiger partial charge in [0.15, 0.2) is 5.65 Å². The number of fused-ring (bicyclic) bond motifs is 1. The van der Waals surface area contributed by atoms with E-state index in [1.165, 1.54) is 0 Å². The third-order valence-electron chi connectivity index (χ3n) is 6.38. The first-order valence-electron chi connectivity index (χ1n) is 11.8. The molecule has 0 aliphatic heterocycles. The highest BCUT2D eigenvalue weighted by molar-refractivity contribution is 5.80. The zero-order valence-electron chi connectivity index (χ0n) is 21.5. The van der Waals surface area contributed by atoms with E-state index in [1.54, 1.807) is 25.5 Å². The molecule has 4 aromatic rings. The van der Waals surface area contributed by atoms with Crippen LogP contribution in [0.2, 0.25) is 0 Å². The summed E-state index contributed by atoms with van der Waals surface area (Å²) in [5.41, 5.74) is 7.75. The molecule has 0 unspecified atom stereocenters. The molecule has 1 N–H and O–H groups in total. The molecule has 0 bridgehead atoms. The van der Waals surface area contributed by atoms with Crippen LogP contribution in [0.1, 0.15) is 51.3 Å². The Balaban J connectivity index is 1.85. The Morgan fingerprint density at radius 1 is 0.882 bits per heavy atom. The lowest BCUT2D eigenvalue weighted by molar-refractivity contribution is 0.0786. The lowest BCUT2D eigenvalue weighted by Crippen LogP contribution is -2.27. The van der Waals surface area contributed by atoms with Crippen molar-refractivity contribution in [1.82, 2.24) is 14.1 Å². The molecule has 0 fully saturated rings. The molecule has 0 spiro atoms. The van der Waals surface area contributed by atoms with Crippen LogP contribution in [0.3, 0.4) is 0 Å². The van der Waals surface area contributed by atoms with Crippen molar-refractivity contribution in [3.8, 4) is 22.4 Å². The van der Waals surface area contributed by atoms with Gasteiger partial charge in [-0.1, -0.05) is 45.0 Å². The average Bonchev–Trinajstić information content (AvgIpc) is 2.97. The summed E-state index contributed by atoms with van der Waals surface area (Å²) in [5.74, 6) is 0. The minimum Gasteiger partial charge on any atom is -0.386 e. The van der Waals surface area contributed by atoms with Gasteiger partial charge in [0.1, 0.15) is 0 Å². The molecule has 0 aliphatic carbocycles. The maximum Gasteiger partial charge on any atom is 0.330 e. The van der Waals surface area contributed by atoms with Crippen LogP contribution in [0.4, 0.5) is 0 Å². The number of aryl methyl sites for hydroxylation is 3. The first kappa shape index (κ1) is 24.0. The van der Waals surface area contributed by atoms with Crippen LogP contribution in [0.5, 0.6) is 0 Å². The topological polar surface area (TPSA) is 60.1 Å². The van der Waals surface area contributed by atoms with Gasteiger partial charge in [-0.25, -0.2) is 9.78 Å². The second-order valence-electron chi connectivity index (χ2n) is 11.1. The largest absolute Gasteiger partial charge is 0.386 e. The van der Waals surface area contributed by atoms with Crippen molar-refractivity contribution in [3.63, 3.8) is 0 Å². The van der Waals surface area contributed by atoms with Gasteiger partial charge in [-0.15, -0.1) is 0 Å². The summed E-state index contributed by atoms with van der Waals surface area (Å²) >= 11 is 0. The summed E-state index contributed by atoms with van der Waals surface area (Å²) in [6, 6.07) is 16.5. The second-order valence-corrected chi connectivity index (χ2v) is 11.1. The minimum atomic E-state index is -0.909. The first-order valence-corrected chi connectivity index (χ1v) is 11.8. The molecule has 2 heterocycles. The van der Waals surface area contributed by atoms with E-state index < -0.39 is 5.60 Å². The first-order chi connectivity index (χ1) is 15.8. The average molecular weight is 458 g/mol. The monoisotopic (exact) mass is 457 g/mol. The Labute approximate surface area is 201 Å². The third-order valence-corrected chi connectivity index (χ3v) is 6.38. The van der Waals surface area contributed by atoms with E-state index in [4.69, 9.17) is 4.98 Å². The van der Waals surface area contributed by atoms with Crippen LogP contribution in [0.15, 0.2) is 53.3 Å². The van der Waals surface area contributed by atoms with Gasteiger partial charge in [0, 0.05) is 19.2 Å². The van der Waals surface area contributed by atoms with Crippen LogP contribution in [0, 0.1) is 19.3 Å². The van der Waals surface area contributed by atoms with Gasteiger partial charge in [-0.2, -0.15) is 0 Å². The summed E-state index contributed by atoms with van der Waals surface area (Å²) in [5, 5.41) is 10.5. The summed E-state index contributed by atoms with van der Waals surface area (Å²) in [7, 11) is 1.79. The molecule has 178 valence electrons. The fourth-order valence-corrected chi connectivity index (χ4v) is 4.43. The van der Waals surface area contributed by atoms with Gasteiger partial charge in [0.2, 0.25) is 0 Å². The fraction of sp³-hybridized carbons (Fsp3) is 0.379. The summed E-state index contributed by atoms with van der Waals surface area (Å²) in [6.07, 6.45) is 0. The van der Waals surface area contributed by atoms with Crippen LogP contribution in [0.25, 0.3) is 33.5 Å². The highest BCUT2D eigenvalue weighted by Crippen LogP contribution is 2.33. The third kappa shape index (κ3) is 4.45. The van der Waals surface area contributed by atoms with Gasteiger partial charge in [0.05, 0.1) is 16.8 Å². The van der Waals surface area contributed by atoms with Gasteiger partial charge in [-0.05, 0) is 85.2 Å². The van der Waals surface area contributed by atoms with Gasteiger partial charge >= 0.3 is 5.69 Å². The van der Waals surface area contributed by atoms with E-state index in [-0.39, 0.29) is 11.1 Å². The van der Waals surface area contributed by atoms with E-state index in [0.717, 1.165) is 44.6 Å². The van der Waals surface area contributed by atoms with E-state index in [9.17, 15) is 9.90 Å². The molecule has 0 saturated heterocycles. The Hall–Kier alpha value is -3.18. The van der Waals surface area contributed by atoms with Gasteiger partial charge in [0.25, 0.3) is 0 Å². The van der Waals surface area contributed by atoms with Crippen molar-refractivity contribution in [1.29, 1.82) is 0 Å². The number of aliphatic hydroxyl groups is 1. The Kier molecular flexibility index (Phi) is 5.81. The molecular weight excluding hydrogens is 422 g/mol. The molecule has 4 rings (SSSR count). The molecule has 0 atom stereocenters. The van der Waals surface area contributed by atoms with Crippen molar-refractivity contribution < 1.29 is 5.11 Å². The molecule has 5 heteroatoms. The molecule has 5 nitrogen and oxygen atoms in total. The number of nitrogens with zero attached hydrogens (tertiary/aromatic N) is 3. The van der Waals surface area contributed by atoms with E-state index in [1.807, 2.05) is 22.8 Å². The van der Waals surface area contributed by atoms with Crippen LogP contribution < -0.4 is 5.69 Å². The van der Waals surface area contributed by atoms with Crippen molar-refractivity contribution in [2.75, 3.05) is 0 Å². The lowest BCUT2D eigenvalue weighted by atomic mass is 9.90.